The maximum atomic E-state index is 11.2. The summed E-state index contributed by atoms with van der Waals surface area (Å²) in [4.78, 5) is 11.2. The molecule has 0 radical (unpaired) electrons. The molecule has 3 nitrogen and oxygen atoms in total. The van der Waals surface area contributed by atoms with Crippen LogP contribution in [0.5, 0.6) is 0 Å². The van der Waals surface area contributed by atoms with E-state index in [1.165, 1.54) is 39.2 Å². The largest absolute Gasteiger partial charge is 0.469 e. The molecular formula is C12H23NO2. The standard InChI is InChI=1S/C12H23NO2/c1-13-11(9-12(14)15-2)8-10-6-4-3-5-7-10/h10-11,13H,3-9H2,1-2H3. The Kier molecular flexibility index (Phi) is 5.69. The molecule has 0 bridgehead atoms. The zero-order valence-electron chi connectivity index (χ0n) is 9.92. The van der Waals surface area contributed by atoms with E-state index in [0.717, 1.165) is 12.3 Å². The molecule has 1 unspecified atom stereocenters. The Morgan fingerprint density at radius 3 is 2.60 bits per heavy atom. The molecule has 0 amide bonds. The summed E-state index contributed by atoms with van der Waals surface area (Å²) in [6, 6.07) is 0.292. The van der Waals surface area contributed by atoms with E-state index in [1.54, 1.807) is 0 Å². The zero-order chi connectivity index (χ0) is 11.1. The molecule has 0 aliphatic heterocycles. The van der Waals surface area contributed by atoms with Crippen molar-refractivity contribution in [1.82, 2.24) is 5.32 Å². The smallest absolute Gasteiger partial charge is 0.307 e. The van der Waals surface area contributed by atoms with E-state index in [-0.39, 0.29) is 5.97 Å². The fourth-order valence-electron chi connectivity index (χ4n) is 2.41. The summed E-state index contributed by atoms with van der Waals surface area (Å²) in [5, 5.41) is 3.21. The monoisotopic (exact) mass is 213 g/mol. The molecule has 1 atom stereocenters. The second-order valence-corrected chi connectivity index (χ2v) is 4.51. The number of rotatable bonds is 5. The molecule has 1 N–H and O–H groups in total. The van der Waals surface area contributed by atoms with E-state index in [9.17, 15) is 4.79 Å². The molecular weight excluding hydrogens is 190 g/mol. The van der Waals surface area contributed by atoms with Crippen molar-refractivity contribution in [1.29, 1.82) is 0 Å². The highest BCUT2D eigenvalue weighted by Gasteiger charge is 2.20. The number of hydrogen-bond acceptors (Lipinski definition) is 3. The molecule has 1 rings (SSSR count). The first-order chi connectivity index (χ1) is 7.26. The third-order valence-electron chi connectivity index (χ3n) is 3.39. The molecule has 88 valence electrons. The SMILES string of the molecule is CNC(CC(=O)OC)CC1CCCCC1. The quantitative estimate of drug-likeness (QED) is 0.711. The fourth-order valence-corrected chi connectivity index (χ4v) is 2.41. The minimum atomic E-state index is -0.106. The second kappa shape index (κ2) is 6.83. The maximum absolute atomic E-state index is 11.2. The van der Waals surface area contributed by atoms with Crippen LogP contribution < -0.4 is 5.32 Å². The third-order valence-corrected chi connectivity index (χ3v) is 3.39. The van der Waals surface area contributed by atoms with Gasteiger partial charge in [-0.3, -0.25) is 4.79 Å². The van der Waals surface area contributed by atoms with Gasteiger partial charge in [0.25, 0.3) is 0 Å². The highest BCUT2D eigenvalue weighted by Crippen LogP contribution is 2.27. The van der Waals surface area contributed by atoms with Crippen molar-refractivity contribution in [2.75, 3.05) is 14.2 Å². The van der Waals surface area contributed by atoms with Gasteiger partial charge in [-0.05, 0) is 19.4 Å². The zero-order valence-corrected chi connectivity index (χ0v) is 9.92. The number of ether oxygens (including phenoxy) is 1. The van der Waals surface area contributed by atoms with Gasteiger partial charge in [0.2, 0.25) is 0 Å². The lowest BCUT2D eigenvalue weighted by atomic mass is 9.84. The van der Waals surface area contributed by atoms with Gasteiger partial charge in [-0.25, -0.2) is 0 Å². The molecule has 15 heavy (non-hydrogen) atoms. The third kappa shape index (κ3) is 4.65. The first-order valence-electron chi connectivity index (χ1n) is 6.00. The van der Waals surface area contributed by atoms with Crippen molar-refractivity contribution < 1.29 is 9.53 Å². The molecule has 3 heteroatoms. The van der Waals surface area contributed by atoms with Crippen molar-refractivity contribution in [2.24, 2.45) is 5.92 Å². The Morgan fingerprint density at radius 2 is 2.07 bits per heavy atom. The van der Waals surface area contributed by atoms with Crippen LogP contribution in [0.4, 0.5) is 0 Å². The summed E-state index contributed by atoms with van der Waals surface area (Å²) in [7, 11) is 3.38. The van der Waals surface area contributed by atoms with E-state index in [2.05, 4.69) is 5.32 Å². The van der Waals surface area contributed by atoms with E-state index in [1.807, 2.05) is 7.05 Å². The summed E-state index contributed by atoms with van der Waals surface area (Å²) >= 11 is 0. The predicted octanol–water partition coefficient (Wildman–Crippen LogP) is 2.11. The summed E-state index contributed by atoms with van der Waals surface area (Å²) in [6.45, 7) is 0. The van der Waals surface area contributed by atoms with Crippen molar-refractivity contribution in [3.8, 4) is 0 Å². The van der Waals surface area contributed by atoms with Gasteiger partial charge >= 0.3 is 5.97 Å². The fraction of sp³-hybridized carbons (Fsp3) is 0.917. The Bertz CT molecular complexity index is 188. The minimum absolute atomic E-state index is 0.106. The molecule has 1 saturated carbocycles. The average Bonchev–Trinajstić information content (AvgIpc) is 2.29. The normalized spacial score (nSPS) is 19.9. The molecule has 0 spiro atoms. The predicted molar refractivity (Wildman–Crippen MR) is 60.7 cm³/mol. The number of methoxy groups -OCH3 is 1. The Morgan fingerprint density at radius 1 is 1.40 bits per heavy atom. The van der Waals surface area contributed by atoms with Crippen LogP contribution >= 0.6 is 0 Å². The average molecular weight is 213 g/mol. The van der Waals surface area contributed by atoms with E-state index < -0.39 is 0 Å². The first kappa shape index (κ1) is 12.5. The molecule has 0 aromatic rings. The number of esters is 1. The molecule has 1 fully saturated rings. The van der Waals surface area contributed by atoms with Crippen molar-refractivity contribution in [3.05, 3.63) is 0 Å². The topological polar surface area (TPSA) is 38.3 Å². The van der Waals surface area contributed by atoms with Crippen molar-refractivity contribution in [2.45, 2.75) is 51.0 Å². The molecule has 0 aromatic heterocycles. The van der Waals surface area contributed by atoms with Crippen LogP contribution in [0.25, 0.3) is 0 Å². The summed E-state index contributed by atoms with van der Waals surface area (Å²) in [5.41, 5.74) is 0. The Balaban J connectivity index is 2.28. The van der Waals surface area contributed by atoms with Crippen LogP contribution in [0.1, 0.15) is 44.9 Å². The van der Waals surface area contributed by atoms with Gasteiger partial charge in [0, 0.05) is 6.04 Å². The van der Waals surface area contributed by atoms with Crippen LogP contribution in [0.2, 0.25) is 0 Å². The lowest BCUT2D eigenvalue weighted by Gasteiger charge is -2.25. The molecule has 0 aromatic carbocycles. The van der Waals surface area contributed by atoms with Gasteiger partial charge in [0.1, 0.15) is 0 Å². The van der Waals surface area contributed by atoms with Crippen LogP contribution in [-0.4, -0.2) is 26.2 Å². The number of hydrogen-bond donors (Lipinski definition) is 1. The maximum Gasteiger partial charge on any atom is 0.307 e. The molecule has 0 heterocycles. The highest BCUT2D eigenvalue weighted by molar-refractivity contribution is 5.69. The molecule has 1 aliphatic rings. The van der Waals surface area contributed by atoms with Crippen LogP contribution in [0.15, 0.2) is 0 Å². The van der Waals surface area contributed by atoms with Crippen LogP contribution in [-0.2, 0) is 9.53 Å². The van der Waals surface area contributed by atoms with Crippen molar-refractivity contribution >= 4 is 5.97 Å². The first-order valence-corrected chi connectivity index (χ1v) is 6.00. The summed E-state index contributed by atoms with van der Waals surface area (Å²) in [6.07, 6.45) is 8.39. The Hall–Kier alpha value is -0.570. The van der Waals surface area contributed by atoms with Gasteiger partial charge < -0.3 is 10.1 Å². The lowest BCUT2D eigenvalue weighted by molar-refractivity contribution is -0.141. The van der Waals surface area contributed by atoms with Crippen LogP contribution in [0, 0.1) is 5.92 Å². The number of carbonyl (C=O) groups is 1. The highest BCUT2D eigenvalue weighted by atomic mass is 16.5. The summed E-state index contributed by atoms with van der Waals surface area (Å²) < 4.78 is 4.69. The van der Waals surface area contributed by atoms with Crippen LogP contribution in [0.3, 0.4) is 0 Å². The number of nitrogens with one attached hydrogen (secondary N) is 1. The number of carbonyl (C=O) groups excluding carboxylic acids is 1. The van der Waals surface area contributed by atoms with Gasteiger partial charge in [-0.2, -0.15) is 0 Å². The van der Waals surface area contributed by atoms with Crippen molar-refractivity contribution in [3.63, 3.8) is 0 Å². The van der Waals surface area contributed by atoms with Gasteiger partial charge in [-0.1, -0.05) is 32.1 Å². The second-order valence-electron chi connectivity index (χ2n) is 4.51. The van der Waals surface area contributed by atoms with Gasteiger partial charge in [0.15, 0.2) is 0 Å². The minimum Gasteiger partial charge on any atom is -0.469 e. The van der Waals surface area contributed by atoms with E-state index >= 15 is 0 Å². The van der Waals surface area contributed by atoms with Gasteiger partial charge in [0.05, 0.1) is 13.5 Å². The summed E-state index contributed by atoms with van der Waals surface area (Å²) in [5.74, 6) is 0.700. The van der Waals surface area contributed by atoms with E-state index in [0.29, 0.717) is 12.5 Å². The molecule has 0 saturated heterocycles. The lowest BCUT2D eigenvalue weighted by Crippen LogP contribution is -2.31. The van der Waals surface area contributed by atoms with Gasteiger partial charge in [-0.15, -0.1) is 0 Å². The van der Waals surface area contributed by atoms with E-state index in [4.69, 9.17) is 4.74 Å². The Labute approximate surface area is 92.6 Å². The molecule has 1 aliphatic carbocycles.